The zero-order valence-electron chi connectivity index (χ0n) is 17.7. The average molecular weight is 465 g/mol. The maximum absolute atomic E-state index is 12.7. The predicted molar refractivity (Wildman–Crippen MR) is 116 cm³/mol. The van der Waals surface area contributed by atoms with Gasteiger partial charge >= 0.3 is 0 Å². The second kappa shape index (κ2) is 9.30. The number of hydrogen-bond donors (Lipinski definition) is 1. The lowest BCUT2D eigenvalue weighted by molar-refractivity contribution is -0.384. The van der Waals surface area contributed by atoms with Gasteiger partial charge in [-0.25, -0.2) is 8.42 Å². The summed E-state index contributed by atoms with van der Waals surface area (Å²) in [6, 6.07) is 8.31. The van der Waals surface area contributed by atoms with Crippen LogP contribution in [0.5, 0.6) is 17.2 Å². The molecule has 0 bridgehead atoms. The van der Waals surface area contributed by atoms with Gasteiger partial charge in [-0.1, -0.05) is 6.07 Å². The molecule has 172 valence electrons. The quantitative estimate of drug-likeness (QED) is 0.462. The Morgan fingerprint density at radius 1 is 1.22 bits per heavy atom. The van der Waals surface area contributed by atoms with E-state index in [1.54, 1.807) is 25.1 Å². The van der Waals surface area contributed by atoms with Crippen LogP contribution < -0.4 is 23.8 Å². The molecule has 1 unspecified atom stereocenters. The van der Waals surface area contributed by atoms with E-state index in [0.29, 0.717) is 24.7 Å². The summed E-state index contributed by atoms with van der Waals surface area (Å²) in [7, 11) is -2.67. The highest BCUT2D eigenvalue weighted by Crippen LogP contribution is 2.34. The van der Waals surface area contributed by atoms with Gasteiger partial charge < -0.3 is 19.5 Å². The summed E-state index contributed by atoms with van der Waals surface area (Å²) in [5.41, 5.74) is 0.298. The van der Waals surface area contributed by atoms with Crippen molar-refractivity contribution in [1.29, 1.82) is 0 Å². The van der Waals surface area contributed by atoms with Gasteiger partial charge in [0, 0.05) is 12.1 Å². The number of carbonyl (C=O) groups is 1. The average Bonchev–Trinajstić information content (AvgIpc) is 2.75. The molecule has 3 rings (SSSR count). The standard InChI is InChI=1S/C20H23N3O8S/c1-13(14-4-6-18-19(10-14)31-9-8-30-18)21-20(24)12-22(32(3,27)28)16-11-15(23(25)26)5-7-17(16)29-2/h4-7,10-11,13H,8-9,12H2,1-3H3,(H,21,24). The normalized spacial score (nSPS) is 13.7. The number of ether oxygens (including phenoxy) is 3. The first-order valence-corrected chi connectivity index (χ1v) is 11.4. The highest BCUT2D eigenvalue weighted by atomic mass is 32.2. The molecule has 2 aromatic carbocycles. The van der Waals surface area contributed by atoms with E-state index in [2.05, 4.69) is 5.32 Å². The van der Waals surface area contributed by atoms with Crippen LogP contribution in [0.25, 0.3) is 0 Å². The Morgan fingerprint density at radius 3 is 2.53 bits per heavy atom. The Morgan fingerprint density at radius 2 is 1.91 bits per heavy atom. The molecule has 0 saturated heterocycles. The topological polar surface area (TPSA) is 137 Å². The maximum Gasteiger partial charge on any atom is 0.271 e. The molecule has 1 aliphatic heterocycles. The minimum absolute atomic E-state index is 0.0775. The van der Waals surface area contributed by atoms with Gasteiger partial charge in [-0.3, -0.25) is 19.2 Å². The number of methoxy groups -OCH3 is 1. The Hall–Kier alpha value is -3.54. The van der Waals surface area contributed by atoms with E-state index < -0.39 is 33.4 Å². The third-order valence-electron chi connectivity index (χ3n) is 4.77. The van der Waals surface area contributed by atoms with Gasteiger partial charge in [-0.15, -0.1) is 0 Å². The van der Waals surface area contributed by atoms with E-state index in [9.17, 15) is 23.3 Å². The molecule has 0 radical (unpaired) electrons. The molecule has 2 aromatic rings. The van der Waals surface area contributed by atoms with Crippen LogP contribution in [-0.4, -0.2) is 52.4 Å². The summed E-state index contributed by atoms with van der Waals surface area (Å²) in [6.45, 7) is 2.03. The van der Waals surface area contributed by atoms with Gasteiger partial charge in [0.25, 0.3) is 5.69 Å². The Labute approximate surface area is 185 Å². The highest BCUT2D eigenvalue weighted by molar-refractivity contribution is 7.92. The van der Waals surface area contributed by atoms with Crippen LogP contribution in [0, 0.1) is 10.1 Å². The molecule has 12 heteroatoms. The van der Waals surface area contributed by atoms with E-state index in [-0.39, 0.29) is 17.1 Å². The first-order chi connectivity index (χ1) is 15.1. The second-order valence-electron chi connectivity index (χ2n) is 7.08. The molecule has 0 saturated carbocycles. The van der Waals surface area contributed by atoms with Gasteiger partial charge in [0.15, 0.2) is 11.5 Å². The first-order valence-electron chi connectivity index (χ1n) is 9.59. The van der Waals surface area contributed by atoms with E-state index >= 15 is 0 Å². The number of hydrogen-bond acceptors (Lipinski definition) is 8. The van der Waals surface area contributed by atoms with Crippen LogP contribution >= 0.6 is 0 Å². The number of sulfonamides is 1. The number of fused-ring (bicyclic) bond motifs is 1. The molecule has 1 amide bonds. The number of carbonyl (C=O) groups excluding carboxylic acids is 1. The Bertz CT molecular complexity index is 1140. The number of amides is 1. The number of rotatable bonds is 8. The minimum atomic E-state index is -3.97. The van der Waals surface area contributed by atoms with Crippen LogP contribution in [-0.2, 0) is 14.8 Å². The van der Waals surface area contributed by atoms with Crippen LogP contribution in [0.2, 0.25) is 0 Å². The first kappa shape index (κ1) is 23.1. The SMILES string of the molecule is COc1ccc([N+](=O)[O-])cc1N(CC(=O)NC(C)c1ccc2c(c1)OCCO2)S(C)(=O)=O. The Kier molecular flexibility index (Phi) is 6.72. The third kappa shape index (κ3) is 5.19. The lowest BCUT2D eigenvalue weighted by Gasteiger charge is -2.25. The summed E-state index contributed by atoms with van der Waals surface area (Å²) in [5.74, 6) is 0.647. The van der Waals surface area contributed by atoms with Crippen molar-refractivity contribution < 1.29 is 32.3 Å². The summed E-state index contributed by atoms with van der Waals surface area (Å²) in [6.07, 6.45) is 0.906. The minimum Gasteiger partial charge on any atom is -0.495 e. The van der Waals surface area contributed by atoms with Gasteiger partial charge in [0.05, 0.1) is 24.3 Å². The fourth-order valence-electron chi connectivity index (χ4n) is 3.20. The molecular formula is C20H23N3O8S. The van der Waals surface area contributed by atoms with E-state index in [1.165, 1.54) is 19.2 Å². The smallest absolute Gasteiger partial charge is 0.271 e. The van der Waals surface area contributed by atoms with E-state index in [4.69, 9.17) is 14.2 Å². The number of nitrogens with one attached hydrogen (secondary N) is 1. The number of benzene rings is 2. The fourth-order valence-corrected chi connectivity index (χ4v) is 4.05. The van der Waals surface area contributed by atoms with Crippen molar-refractivity contribution in [3.8, 4) is 17.2 Å². The van der Waals surface area contributed by atoms with Gasteiger partial charge in [0.2, 0.25) is 15.9 Å². The molecule has 0 spiro atoms. The van der Waals surface area contributed by atoms with E-state index in [0.717, 1.165) is 22.2 Å². The molecule has 0 aromatic heterocycles. The number of nitro benzene ring substituents is 1. The van der Waals surface area contributed by atoms with Crippen molar-refractivity contribution in [2.24, 2.45) is 0 Å². The Balaban J connectivity index is 1.82. The molecule has 1 N–H and O–H groups in total. The van der Waals surface area contributed by atoms with Gasteiger partial charge in [-0.05, 0) is 30.7 Å². The molecule has 0 fully saturated rings. The summed E-state index contributed by atoms with van der Waals surface area (Å²) in [5, 5.41) is 13.9. The summed E-state index contributed by atoms with van der Waals surface area (Å²) in [4.78, 5) is 23.2. The van der Waals surface area contributed by atoms with Crippen molar-refractivity contribution in [2.45, 2.75) is 13.0 Å². The zero-order chi connectivity index (χ0) is 23.5. The molecule has 32 heavy (non-hydrogen) atoms. The maximum atomic E-state index is 12.7. The van der Waals surface area contributed by atoms with Crippen LogP contribution in [0.1, 0.15) is 18.5 Å². The van der Waals surface area contributed by atoms with Crippen molar-refractivity contribution in [3.63, 3.8) is 0 Å². The highest BCUT2D eigenvalue weighted by Gasteiger charge is 2.27. The van der Waals surface area contributed by atoms with Crippen molar-refractivity contribution in [1.82, 2.24) is 5.32 Å². The van der Waals surface area contributed by atoms with Crippen LogP contribution in [0.4, 0.5) is 11.4 Å². The molecular weight excluding hydrogens is 442 g/mol. The predicted octanol–water partition coefficient (Wildman–Crippen LogP) is 2.02. The third-order valence-corrected chi connectivity index (χ3v) is 5.90. The summed E-state index contributed by atoms with van der Waals surface area (Å²) < 4.78 is 41.8. The fraction of sp³-hybridized carbons (Fsp3) is 0.350. The lowest BCUT2D eigenvalue weighted by Crippen LogP contribution is -2.41. The molecule has 1 heterocycles. The van der Waals surface area contributed by atoms with Crippen LogP contribution in [0.3, 0.4) is 0 Å². The second-order valence-corrected chi connectivity index (χ2v) is 8.98. The van der Waals surface area contributed by atoms with Crippen molar-refractivity contribution in [3.05, 3.63) is 52.1 Å². The lowest BCUT2D eigenvalue weighted by atomic mass is 10.1. The zero-order valence-corrected chi connectivity index (χ0v) is 18.5. The number of anilines is 1. The molecule has 0 aliphatic carbocycles. The van der Waals surface area contributed by atoms with Crippen LogP contribution in [0.15, 0.2) is 36.4 Å². The molecule has 11 nitrogen and oxygen atoms in total. The van der Waals surface area contributed by atoms with Gasteiger partial charge in [0.1, 0.15) is 31.2 Å². The molecule has 1 aliphatic rings. The largest absolute Gasteiger partial charge is 0.495 e. The summed E-state index contributed by atoms with van der Waals surface area (Å²) >= 11 is 0. The van der Waals surface area contributed by atoms with Crippen molar-refractivity contribution >= 4 is 27.3 Å². The van der Waals surface area contributed by atoms with Gasteiger partial charge in [-0.2, -0.15) is 0 Å². The number of non-ortho nitro benzene ring substituents is 1. The number of nitrogens with zero attached hydrogens (tertiary/aromatic N) is 2. The van der Waals surface area contributed by atoms with E-state index in [1.807, 2.05) is 0 Å². The van der Waals surface area contributed by atoms with Crippen molar-refractivity contribution in [2.75, 3.05) is 37.4 Å². The molecule has 1 atom stereocenters. The monoisotopic (exact) mass is 465 g/mol. The number of nitro groups is 1.